The first-order chi connectivity index (χ1) is 6.70. The van der Waals surface area contributed by atoms with E-state index >= 15 is 0 Å². The van der Waals surface area contributed by atoms with Crippen molar-refractivity contribution in [3.05, 3.63) is 16.6 Å². The molecule has 0 amide bonds. The summed E-state index contributed by atoms with van der Waals surface area (Å²) in [5.74, 6) is 0.835. The van der Waals surface area contributed by atoms with Crippen molar-refractivity contribution >= 4 is 27.3 Å². The van der Waals surface area contributed by atoms with Crippen LogP contribution in [0.25, 0.3) is 0 Å². The van der Waals surface area contributed by atoms with Crippen molar-refractivity contribution in [3.8, 4) is 5.75 Å². The number of nitrogens with one attached hydrogen (secondary N) is 1. The average Bonchev–Trinajstić information content (AvgIpc) is 2.87. The molecule has 3 N–H and O–H groups in total. The predicted octanol–water partition coefficient (Wildman–Crippen LogP) is 2.61. The lowest BCUT2D eigenvalue weighted by Gasteiger charge is -2.13. The van der Waals surface area contributed by atoms with Crippen LogP contribution in [0.4, 0.5) is 11.4 Å². The third kappa shape index (κ3) is 1.95. The second-order valence-electron chi connectivity index (χ2n) is 3.44. The molecule has 0 aromatic heterocycles. The highest BCUT2D eigenvalue weighted by Crippen LogP contribution is 2.37. The van der Waals surface area contributed by atoms with E-state index in [0.29, 0.717) is 11.8 Å². The van der Waals surface area contributed by atoms with E-state index in [1.807, 2.05) is 19.2 Å². The maximum absolute atomic E-state index is 5.86. The van der Waals surface area contributed by atoms with Crippen molar-refractivity contribution < 1.29 is 4.74 Å². The van der Waals surface area contributed by atoms with E-state index in [1.54, 1.807) is 0 Å². The number of benzene rings is 1. The molecule has 0 unspecified atom stereocenters. The minimum absolute atomic E-state index is 0.385. The number of nitrogen functional groups attached to an aromatic ring is 1. The summed E-state index contributed by atoms with van der Waals surface area (Å²) >= 11 is 3.40. The number of nitrogens with two attached hydrogens (primary N) is 1. The molecular formula is C10H13BrN2O. The third-order valence-corrected chi connectivity index (χ3v) is 2.62. The van der Waals surface area contributed by atoms with Gasteiger partial charge < -0.3 is 15.8 Å². The van der Waals surface area contributed by atoms with Crippen molar-refractivity contribution in [1.82, 2.24) is 0 Å². The molecule has 0 aliphatic heterocycles. The molecule has 2 rings (SSSR count). The summed E-state index contributed by atoms with van der Waals surface area (Å²) in [6, 6.07) is 3.81. The van der Waals surface area contributed by atoms with Crippen molar-refractivity contribution in [3.63, 3.8) is 0 Å². The number of ether oxygens (including phenoxy) is 1. The van der Waals surface area contributed by atoms with E-state index in [2.05, 4.69) is 21.2 Å². The van der Waals surface area contributed by atoms with Gasteiger partial charge in [0.1, 0.15) is 5.75 Å². The number of hydrogen-bond donors (Lipinski definition) is 2. The van der Waals surface area contributed by atoms with Gasteiger partial charge in [-0.3, -0.25) is 0 Å². The van der Waals surface area contributed by atoms with Gasteiger partial charge in [-0.25, -0.2) is 0 Å². The molecule has 1 saturated carbocycles. The zero-order valence-corrected chi connectivity index (χ0v) is 9.60. The van der Waals surface area contributed by atoms with Gasteiger partial charge >= 0.3 is 0 Å². The van der Waals surface area contributed by atoms with Crippen molar-refractivity contribution in [1.29, 1.82) is 0 Å². The van der Waals surface area contributed by atoms with E-state index in [9.17, 15) is 0 Å². The average molecular weight is 257 g/mol. The smallest absolute Gasteiger partial charge is 0.146 e. The summed E-state index contributed by atoms with van der Waals surface area (Å²) in [6.45, 7) is 0. The van der Waals surface area contributed by atoms with E-state index in [1.165, 1.54) is 0 Å². The Kier molecular flexibility index (Phi) is 2.54. The lowest BCUT2D eigenvalue weighted by Crippen LogP contribution is -2.03. The van der Waals surface area contributed by atoms with Crippen molar-refractivity contribution in [2.24, 2.45) is 0 Å². The van der Waals surface area contributed by atoms with Crippen molar-refractivity contribution in [2.45, 2.75) is 18.9 Å². The monoisotopic (exact) mass is 256 g/mol. The van der Waals surface area contributed by atoms with Gasteiger partial charge in [-0.1, -0.05) is 15.9 Å². The summed E-state index contributed by atoms with van der Waals surface area (Å²) in [6.07, 6.45) is 2.68. The van der Waals surface area contributed by atoms with Gasteiger partial charge in [-0.05, 0) is 25.0 Å². The Balaban J connectivity index is 2.33. The molecule has 1 aliphatic carbocycles. The Labute approximate surface area is 91.8 Å². The Hall–Kier alpha value is -0.900. The quantitative estimate of drug-likeness (QED) is 0.818. The number of anilines is 2. The highest BCUT2D eigenvalue weighted by atomic mass is 79.9. The molecule has 1 aromatic rings. The molecule has 0 spiro atoms. The summed E-state index contributed by atoms with van der Waals surface area (Å²) < 4.78 is 6.69. The van der Waals surface area contributed by atoms with Gasteiger partial charge in [0, 0.05) is 11.5 Å². The second-order valence-corrected chi connectivity index (χ2v) is 4.35. The van der Waals surface area contributed by atoms with Crippen LogP contribution in [0.5, 0.6) is 5.75 Å². The van der Waals surface area contributed by atoms with Crippen LogP contribution in [0.2, 0.25) is 0 Å². The molecule has 0 heterocycles. The number of halogens is 1. The van der Waals surface area contributed by atoms with Gasteiger partial charge in [0.2, 0.25) is 0 Å². The topological polar surface area (TPSA) is 47.3 Å². The lowest BCUT2D eigenvalue weighted by molar-refractivity contribution is 0.304. The van der Waals surface area contributed by atoms with Crippen LogP contribution >= 0.6 is 15.9 Å². The van der Waals surface area contributed by atoms with Crippen molar-refractivity contribution in [2.75, 3.05) is 18.1 Å². The van der Waals surface area contributed by atoms with E-state index in [-0.39, 0.29) is 0 Å². The normalized spacial score (nSPS) is 15.3. The Morgan fingerprint density at radius 3 is 2.79 bits per heavy atom. The molecule has 76 valence electrons. The second kappa shape index (κ2) is 3.69. The van der Waals surface area contributed by atoms with Gasteiger partial charge in [0.15, 0.2) is 0 Å². The first-order valence-electron chi connectivity index (χ1n) is 4.64. The summed E-state index contributed by atoms with van der Waals surface area (Å²) in [5, 5.41) is 3.05. The van der Waals surface area contributed by atoms with E-state index in [4.69, 9.17) is 10.5 Å². The number of rotatable bonds is 3. The maximum atomic E-state index is 5.86. The zero-order valence-electron chi connectivity index (χ0n) is 8.01. The Morgan fingerprint density at radius 2 is 2.21 bits per heavy atom. The molecule has 4 heteroatoms. The largest absolute Gasteiger partial charge is 0.488 e. The van der Waals surface area contributed by atoms with Crippen LogP contribution in [0, 0.1) is 0 Å². The van der Waals surface area contributed by atoms with Gasteiger partial charge in [0.05, 0.1) is 17.5 Å². The van der Waals surface area contributed by atoms with Crippen LogP contribution in [0.3, 0.4) is 0 Å². The Morgan fingerprint density at radius 1 is 1.50 bits per heavy atom. The molecule has 0 atom stereocenters. The first-order valence-corrected chi connectivity index (χ1v) is 5.43. The molecule has 1 aromatic carbocycles. The first kappa shape index (κ1) is 9.65. The Bertz CT molecular complexity index is 350. The van der Waals surface area contributed by atoms with Crippen LogP contribution in [-0.4, -0.2) is 13.2 Å². The van der Waals surface area contributed by atoms with Crippen LogP contribution in [0.15, 0.2) is 16.6 Å². The molecular weight excluding hydrogens is 244 g/mol. The van der Waals surface area contributed by atoms with Gasteiger partial charge in [-0.15, -0.1) is 0 Å². The van der Waals surface area contributed by atoms with Gasteiger partial charge in [-0.2, -0.15) is 0 Å². The summed E-state index contributed by atoms with van der Waals surface area (Å²) in [7, 11) is 1.85. The predicted molar refractivity (Wildman–Crippen MR) is 61.8 cm³/mol. The molecule has 3 nitrogen and oxygen atoms in total. The molecule has 0 bridgehead atoms. The van der Waals surface area contributed by atoms with Crippen LogP contribution < -0.4 is 15.8 Å². The molecule has 0 radical (unpaired) electrons. The summed E-state index contributed by atoms with van der Waals surface area (Å²) in [4.78, 5) is 0. The molecule has 0 saturated heterocycles. The van der Waals surface area contributed by atoms with Crippen LogP contribution in [0.1, 0.15) is 12.8 Å². The molecule has 14 heavy (non-hydrogen) atoms. The van der Waals surface area contributed by atoms with E-state index < -0.39 is 0 Å². The molecule has 1 aliphatic rings. The van der Waals surface area contributed by atoms with Gasteiger partial charge in [0.25, 0.3) is 0 Å². The highest BCUT2D eigenvalue weighted by molar-refractivity contribution is 9.10. The minimum Gasteiger partial charge on any atom is -0.488 e. The minimum atomic E-state index is 0.385. The fraction of sp³-hybridized carbons (Fsp3) is 0.400. The fourth-order valence-corrected chi connectivity index (χ4v) is 1.78. The lowest BCUT2D eigenvalue weighted by atomic mass is 10.2. The highest BCUT2D eigenvalue weighted by Gasteiger charge is 2.25. The van der Waals surface area contributed by atoms with Crippen LogP contribution in [-0.2, 0) is 0 Å². The standard InChI is InChI=1S/C10H13BrN2O/c1-13-10-8(12)4-6(11)5-9(10)14-7-2-3-7/h4-5,7,13H,2-3,12H2,1H3. The number of hydrogen-bond acceptors (Lipinski definition) is 3. The zero-order chi connectivity index (χ0) is 10.1. The fourth-order valence-electron chi connectivity index (χ4n) is 1.33. The van der Waals surface area contributed by atoms with E-state index in [0.717, 1.165) is 28.8 Å². The maximum Gasteiger partial charge on any atom is 0.146 e. The SMILES string of the molecule is CNc1c(N)cc(Br)cc1OC1CC1. The summed E-state index contributed by atoms with van der Waals surface area (Å²) in [5.41, 5.74) is 7.44. The molecule has 1 fully saturated rings. The third-order valence-electron chi connectivity index (χ3n) is 2.17.